The summed E-state index contributed by atoms with van der Waals surface area (Å²) in [6.07, 6.45) is 13.9. The van der Waals surface area contributed by atoms with Gasteiger partial charge in [0, 0.05) is 28.6 Å². The number of benzene rings is 1. The van der Waals surface area contributed by atoms with Crippen LogP contribution in [0.1, 0.15) is 43.9 Å². The van der Waals surface area contributed by atoms with Crippen molar-refractivity contribution in [2.75, 3.05) is 5.73 Å². The monoisotopic (exact) mass is 387 g/mol. The van der Waals surface area contributed by atoms with Gasteiger partial charge in [0.15, 0.2) is 0 Å². The fourth-order valence-electron chi connectivity index (χ4n) is 3.44. The van der Waals surface area contributed by atoms with E-state index in [9.17, 15) is 0 Å². The zero-order chi connectivity index (χ0) is 21.6. The number of hydrogen-bond donors (Lipinski definition) is 3. The summed E-state index contributed by atoms with van der Waals surface area (Å²) in [6.45, 7) is 18.1. The summed E-state index contributed by atoms with van der Waals surface area (Å²) < 4.78 is 0. The van der Waals surface area contributed by atoms with Gasteiger partial charge in [0.2, 0.25) is 0 Å². The molecule has 0 aliphatic heterocycles. The lowest BCUT2D eigenvalue weighted by Gasteiger charge is -2.20. The lowest BCUT2D eigenvalue weighted by Crippen LogP contribution is -2.22. The molecule has 3 heteroatoms. The Morgan fingerprint density at radius 2 is 2.10 bits per heavy atom. The quantitative estimate of drug-likeness (QED) is 0.278. The van der Waals surface area contributed by atoms with Gasteiger partial charge in [0.1, 0.15) is 0 Å². The van der Waals surface area contributed by atoms with Crippen LogP contribution < -0.4 is 11.1 Å². The van der Waals surface area contributed by atoms with E-state index in [2.05, 4.69) is 56.3 Å². The van der Waals surface area contributed by atoms with Gasteiger partial charge in [-0.25, -0.2) is 0 Å². The first-order valence-electron chi connectivity index (χ1n) is 10.1. The van der Waals surface area contributed by atoms with Gasteiger partial charge in [-0.2, -0.15) is 0 Å². The number of nitrogen functional groups attached to an aromatic ring is 1. The number of allylic oxidation sites excluding steroid dienone is 7. The SMILES string of the molecule is C=CC(C)NC(=C)c1ccc(N)c(C(=N)/C=C/C2C=CC(C(=C)C)=CC2)c1CC. The van der Waals surface area contributed by atoms with Crippen LogP contribution in [0.3, 0.4) is 0 Å². The van der Waals surface area contributed by atoms with Gasteiger partial charge in [-0.15, -0.1) is 6.58 Å². The Kier molecular flexibility index (Phi) is 7.60. The molecule has 1 aliphatic rings. The van der Waals surface area contributed by atoms with E-state index < -0.39 is 0 Å². The van der Waals surface area contributed by atoms with Crippen LogP contribution in [0.5, 0.6) is 0 Å². The van der Waals surface area contributed by atoms with Crippen molar-refractivity contribution >= 4 is 17.1 Å². The Morgan fingerprint density at radius 1 is 1.38 bits per heavy atom. The number of anilines is 1. The second-order valence-electron chi connectivity index (χ2n) is 7.53. The van der Waals surface area contributed by atoms with Gasteiger partial charge in [0.05, 0.1) is 5.71 Å². The van der Waals surface area contributed by atoms with Crippen LogP contribution in [0.25, 0.3) is 5.70 Å². The lowest BCUT2D eigenvalue weighted by molar-refractivity contribution is 0.788. The Bertz CT molecular complexity index is 912. The van der Waals surface area contributed by atoms with E-state index in [0.29, 0.717) is 11.4 Å². The van der Waals surface area contributed by atoms with E-state index in [4.69, 9.17) is 11.1 Å². The minimum absolute atomic E-state index is 0.114. The van der Waals surface area contributed by atoms with Gasteiger partial charge >= 0.3 is 0 Å². The number of hydrogen-bond acceptors (Lipinski definition) is 3. The summed E-state index contributed by atoms with van der Waals surface area (Å²) >= 11 is 0. The van der Waals surface area contributed by atoms with Crippen molar-refractivity contribution in [3.05, 3.63) is 96.2 Å². The summed E-state index contributed by atoms with van der Waals surface area (Å²) in [7, 11) is 0. The third-order valence-corrected chi connectivity index (χ3v) is 5.18. The van der Waals surface area contributed by atoms with Crippen LogP contribution >= 0.6 is 0 Å². The van der Waals surface area contributed by atoms with Gasteiger partial charge < -0.3 is 16.5 Å². The Hall–Kier alpha value is -3.07. The van der Waals surface area contributed by atoms with Crippen LogP contribution in [0.15, 0.2) is 79.5 Å². The molecule has 0 saturated heterocycles. The predicted octanol–water partition coefficient (Wildman–Crippen LogP) is 5.97. The lowest BCUT2D eigenvalue weighted by atomic mass is 9.90. The van der Waals surface area contributed by atoms with Crippen molar-refractivity contribution < 1.29 is 0 Å². The molecule has 0 aromatic heterocycles. The average molecular weight is 388 g/mol. The zero-order valence-corrected chi connectivity index (χ0v) is 17.9. The Morgan fingerprint density at radius 3 is 2.66 bits per heavy atom. The molecule has 0 heterocycles. The third kappa shape index (κ3) is 5.47. The minimum Gasteiger partial charge on any atom is -0.398 e. The molecule has 1 aromatic rings. The van der Waals surface area contributed by atoms with Crippen molar-refractivity contribution in [3.63, 3.8) is 0 Å². The second-order valence-corrected chi connectivity index (χ2v) is 7.53. The molecule has 0 bridgehead atoms. The van der Waals surface area contributed by atoms with Gasteiger partial charge in [0.25, 0.3) is 0 Å². The first kappa shape index (κ1) is 22.2. The van der Waals surface area contributed by atoms with E-state index in [0.717, 1.165) is 40.8 Å². The summed E-state index contributed by atoms with van der Waals surface area (Å²) in [5, 5.41) is 12.0. The standard InChI is InChI=1S/C26H33N3/c1-7-18(5)29-19(6)23-14-16-25(28)26(22(23)8-2)24(27)15-11-20-9-12-21(13-10-20)17(3)4/h7,9,11-16,18,20,27,29H,1,3,6,8,10,28H2,2,4-5H3/b15-11+,27-24?. The highest BCUT2D eigenvalue weighted by Crippen LogP contribution is 2.28. The highest BCUT2D eigenvalue weighted by atomic mass is 14.9. The Labute approximate surface area is 175 Å². The van der Waals surface area contributed by atoms with Gasteiger partial charge in [-0.1, -0.05) is 62.1 Å². The molecule has 1 aromatic carbocycles. The molecule has 3 nitrogen and oxygen atoms in total. The molecule has 0 spiro atoms. The molecule has 2 rings (SSSR count). The summed E-state index contributed by atoms with van der Waals surface area (Å²) in [6, 6.07) is 3.95. The minimum atomic E-state index is 0.114. The number of rotatable bonds is 9. The summed E-state index contributed by atoms with van der Waals surface area (Å²) in [5.74, 6) is 0.276. The van der Waals surface area contributed by atoms with Gasteiger partial charge in [-0.3, -0.25) is 0 Å². The summed E-state index contributed by atoms with van der Waals surface area (Å²) in [4.78, 5) is 0. The van der Waals surface area contributed by atoms with Gasteiger partial charge in [-0.05, 0) is 55.9 Å². The van der Waals surface area contributed by atoms with Crippen molar-refractivity contribution in [3.8, 4) is 0 Å². The molecule has 4 N–H and O–H groups in total. The van der Waals surface area contributed by atoms with Crippen LogP contribution in [0, 0.1) is 11.3 Å². The molecule has 152 valence electrons. The van der Waals surface area contributed by atoms with E-state index in [1.807, 2.05) is 38.1 Å². The fourth-order valence-corrected chi connectivity index (χ4v) is 3.44. The van der Waals surface area contributed by atoms with Crippen molar-refractivity contribution in [2.24, 2.45) is 5.92 Å². The van der Waals surface area contributed by atoms with Crippen molar-refractivity contribution in [1.82, 2.24) is 5.32 Å². The molecule has 0 saturated carbocycles. The maximum absolute atomic E-state index is 8.67. The maximum Gasteiger partial charge on any atom is 0.0632 e. The molecule has 29 heavy (non-hydrogen) atoms. The Balaban J connectivity index is 2.27. The molecule has 0 amide bonds. The highest BCUT2D eigenvalue weighted by molar-refractivity contribution is 6.11. The van der Waals surface area contributed by atoms with E-state index in [-0.39, 0.29) is 12.0 Å². The smallest absolute Gasteiger partial charge is 0.0632 e. The number of nitrogens with two attached hydrogens (primary N) is 1. The molecular formula is C26H33N3. The molecule has 1 aliphatic carbocycles. The molecular weight excluding hydrogens is 354 g/mol. The van der Waals surface area contributed by atoms with E-state index in [1.54, 1.807) is 0 Å². The predicted molar refractivity (Wildman–Crippen MR) is 128 cm³/mol. The van der Waals surface area contributed by atoms with E-state index >= 15 is 0 Å². The van der Waals surface area contributed by atoms with E-state index in [1.165, 1.54) is 5.57 Å². The van der Waals surface area contributed by atoms with Crippen LogP contribution in [0.2, 0.25) is 0 Å². The third-order valence-electron chi connectivity index (χ3n) is 5.18. The van der Waals surface area contributed by atoms with Crippen LogP contribution in [0.4, 0.5) is 5.69 Å². The molecule has 0 radical (unpaired) electrons. The first-order chi connectivity index (χ1) is 13.8. The van der Waals surface area contributed by atoms with Crippen molar-refractivity contribution in [2.45, 2.75) is 39.7 Å². The topological polar surface area (TPSA) is 61.9 Å². The molecule has 2 atom stereocenters. The molecule has 2 unspecified atom stereocenters. The number of nitrogens with one attached hydrogen (secondary N) is 2. The van der Waals surface area contributed by atoms with Crippen LogP contribution in [-0.2, 0) is 6.42 Å². The second kappa shape index (κ2) is 9.92. The van der Waals surface area contributed by atoms with Crippen molar-refractivity contribution in [1.29, 1.82) is 5.41 Å². The maximum atomic E-state index is 8.67. The highest BCUT2D eigenvalue weighted by Gasteiger charge is 2.16. The molecule has 0 fully saturated rings. The zero-order valence-electron chi connectivity index (χ0n) is 17.9. The summed E-state index contributed by atoms with van der Waals surface area (Å²) in [5.41, 5.74) is 13.2. The van der Waals surface area contributed by atoms with Crippen LogP contribution in [-0.4, -0.2) is 11.8 Å². The average Bonchev–Trinajstić information content (AvgIpc) is 2.71. The first-order valence-corrected chi connectivity index (χ1v) is 10.1. The fraction of sp³-hybridized carbons (Fsp3) is 0.269. The largest absolute Gasteiger partial charge is 0.398 e. The normalized spacial score (nSPS) is 16.9.